The Hall–Kier alpha value is -0.880. The van der Waals surface area contributed by atoms with E-state index in [2.05, 4.69) is 0 Å². The number of rotatable bonds is 3. The van der Waals surface area contributed by atoms with Crippen LogP contribution in [0.5, 0.6) is 0 Å². The van der Waals surface area contributed by atoms with E-state index in [1.165, 1.54) is 0 Å². The third kappa shape index (κ3) is 2.92. The summed E-state index contributed by atoms with van der Waals surface area (Å²) in [6, 6.07) is -7.07. The molecule has 0 fully saturated rings. The molecule has 0 heterocycles. The van der Waals surface area contributed by atoms with E-state index < -0.39 is 35.7 Å². The Morgan fingerprint density at radius 1 is 0.722 bits per heavy atom. The van der Waals surface area contributed by atoms with Crippen molar-refractivity contribution >= 4 is 0 Å². The first-order valence-corrected chi connectivity index (χ1v) is 3.55. The average molecular weight is 303 g/mol. The second-order valence-electron chi connectivity index (χ2n) is 2.82. The van der Waals surface area contributed by atoms with Crippen molar-refractivity contribution < 1.29 is 52.8 Å². The first kappa shape index (κ1) is 17.1. The lowest BCUT2D eigenvalue weighted by molar-refractivity contribution is -0.453. The van der Waals surface area contributed by atoms with Gasteiger partial charge in [-0.2, -0.15) is 43.9 Å². The lowest BCUT2D eigenvalue weighted by Crippen LogP contribution is -2.62. The molecule has 0 bridgehead atoms. The standard InChI is InChI=1S/C5HF12N/c6-1(3(9,10)11)2(7,8)4(12,13)18(17)5(14,15)16/h1H. The van der Waals surface area contributed by atoms with E-state index in [-0.39, 0.29) is 0 Å². The van der Waals surface area contributed by atoms with Crippen molar-refractivity contribution in [3.63, 3.8) is 0 Å². The van der Waals surface area contributed by atoms with Crippen molar-refractivity contribution in [2.24, 2.45) is 0 Å². The van der Waals surface area contributed by atoms with Gasteiger partial charge < -0.3 is 0 Å². The van der Waals surface area contributed by atoms with Gasteiger partial charge in [0.15, 0.2) is 0 Å². The summed E-state index contributed by atoms with van der Waals surface area (Å²) in [6.45, 7) is 0. The van der Waals surface area contributed by atoms with Crippen LogP contribution in [0.15, 0.2) is 0 Å². The van der Waals surface area contributed by atoms with Crippen LogP contribution >= 0.6 is 0 Å². The molecule has 0 aromatic rings. The van der Waals surface area contributed by atoms with E-state index in [1.54, 1.807) is 0 Å². The first-order chi connectivity index (χ1) is 7.56. The van der Waals surface area contributed by atoms with Gasteiger partial charge in [0.25, 0.3) is 6.17 Å². The van der Waals surface area contributed by atoms with Crippen LogP contribution in [0.2, 0.25) is 0 Å². The molecule has 0 aromatic heterocycles. The van der Waals surface area contributed by atoms with Crippen molar-refractivity contribution in [3.8, 4) is 0 Å². The summed E-state index contributed by atoms with van der Waals surface area (Å²) in [5.74, 6) is -6.98. The van der Waals surface area contributed by atoms with Crippen LogP contribution in [0.25, 0.3) is 0 Å². The van der Waals surface area contributed by atoms with Crippen LogP contribution < -0.4 is 0 Å². The molecule has 0 aliphatic heterocycles. The van der Waals surface area contributed by atoms with Crippen LogP contribution in [0.4, 0.5) is 52.8 Å². The minimum atomic E-state index is -7.07. The van der Waals surface area contributed by atoms with Gasteiger partial charge in [-0.3, -0.25) is 0 Å². The fourth-order valence-corrected chi connectivity index (χ4v) is 0.648. The second kappa shape index (κ2) is 4.35. The van der Waals surface area contributed by atoms with Crippen LogP contribution in [0, 0.1) is 0 Å². The molecule has 0 amide bonds. The Bertz CT molecular complexity index is 258. The van der Waals surface area contributed by atoms with Gasteiger partial charge in [0.1, 0.15) is 0 Å². The number of nitrogens with zero attached hydrogens (tertiary/aromatic N) is 1. The van der Waals surface area contributed by atoms with E-state index in [4.69, 9.17) is 0 Å². The number of alkyl halides is 11. The molecule has 18 heavy (non-hydrogen) atoms. The summed E-state index contributed by atoms with van der Waals surface area (Å²) in [4.78, 5) is 0. The summed E-state index contributed by atoms with van der Waals surface area (Å²) in [6.07, 6.45) is -19.0. The van der Waals surface area contributed by atoms with Crippen LogP contribution in [-0.4, -0.2) is 35.7 Å². The summed E-state index contributed by atoms with van der Waals surface area (Å²) in [5.41, 5.74) is 0. The Balaban J connectivity index is 5.46. The van der Waals surface area contributed by atoms with Gasteiger partial charge in [-0.25, -0.2) is 4.39 Å². The maximum absolute atomic E-state index is 12.2. The molecule has 0 aromatic carbocycles. The van der Waals surface area contributed by atoms with Crippen molar-refractivity contribution in [2.75, 3.05) is 0 Å². The highest BCUT2D eigenvalue weighted by Crippen LogP contribution is 2.48. The fraction of sp³-hybridized carbons (Fsp3) is 1.00. The van der Waals surface area contributed by atoms with E-state index in [0.29, 0.717) is 0 Å². The fourth-order valence-electron chi connectivity index (χ4n) is 0.648. The molecule has 0 saturated heterocycles. The molecule has 0 aliphatic rings. The highest BCUT2D eigenvalue weighted by atomic mass is 19.4. The molecule has 0 aliphatic carbocycles. The molecule has 0 spiro atoms. The van der Waals surface area contributed by atoms with Crippen molar-refractivity contribution in [1.29, 1.82) is 0 Å². The maximum Gasteiger partial charge on any atom is 0.492 e. The molecular formula is C5HF12N. The Labute approximate surface area is 89.9 Å². The van der Waals surface area contributed by atoms with Gasteiger partial charge in [-0.15, -0.1) is 4.48 Å². The van der Waals surface area contributed by atoms with Gasteiger partial charge in [-0.1, -0.05) is 0 Å². The largest absolute Gasteiger partial charge is 0.492 e. The van der Waals surface area contributed by atoms with Crippen molar-refractivity contribution in [1.82, 2.24) is 5.12 Å². The highest BCUT2D eigenvalue weighted by Gasteiger charge is 2.76. The Morgan fingerprint density at radius 3 is 1.28 bits per heavy atom. The summed E-state index contributed by atoms with van der Waals surface area (Å²) in [5, 5.41) is -3.79. The smallest absolute Gasteiger partial charge is 0.230 e. The quantitative estimate of drug-likeness (QED) is 0.435. The molecule has 1 atom stereocenters. The average Bonchev–Trinajstić information content (AvgIpc) is 2.12. The zero-order chi connectivity index (χ0) is 15.2. The van der Waals surface area contributed by atoms with Gasteiger partial charge in [-0.05, 0) is 0 Å². The van der Waals surface area contributed by atoms with Gasteiger partial charge >= 0.3 is 24.4 Å². The predicted molar refractivity (Wildman–Crippen MR) is 29.8 cm³/mol. The van der Waals surface area contributed by atoms with E-state index in [9.17, 15) is 52.8 Å². The van der Waals surface area contributed by atoms with E-state index in [0.717, 1.165) is 0 Å². The first-order valence-electron chi connectivity index (χ1n) is 3.55. The summed E-state index contributed by atoms with van der Waals surface area (Å²) < 4.78 is 141. The van der Waals surface area contributed by atoms with Crippen molar-refractivity contribution in [3.05, 3.63) is 0 Å². The molecule has 0 radical (unpaired) electrons. The Morgan fingerprint density at radius 2 is 1.06 bits per heavy atom. The van der Waals surface area contributed by atoms with Gasteiger partial charge in [0.05, 0.1) is 0 Å². The van der Waals surface area contributed by atoms with Crippen molar-refractivity contribution in [2.45, 2.75) is 30.6 Å². The van der Waals surface area contributed by atoms with Gasteiger partial charge in [0, 0.05) is 5.12 Å². The number of hydrogen-bond acceptors (Lipinski definition) is 1. The van der Waals surface area contributed by atoms with E-state index >= 15 is 0 Å². The lowest BCUT2D eigenvalue weighted by atomic mass is 10.1. The van der Waals surface area contributed by atoms with Gasteiger partial charge in [0.2, 0.25) is 0 Å². The predicted octanol–water partition coefficient (Wildman–Crippen LogP) is 3.82. The number of hydrogen-bond donors (Lipinski definition) is 0. The monoisotopic (exact) mass is 303 g/mol. The number of halogens is 12. The lowest BCUT2D eigenvalue weighted by Gasteiger charge is -2.33. The topological polar surface area (TPSA) is 3.24 Å². The third-order valence-electron chi connectivity index (χ3n) is 1.48. The van der Waals surface area contributed by atoms with Crippen LogP contribution in [-0.2, 0) is 0 Å². The Kier molecular flexibility index (Phi) is 4.13. The maximum atomic E-state index is 12.2. The summed E-state index contributed by atoms with van der Waals surface area (Å²) in [7, 11) is 0. The molecule has 13 heteroatoms. The zero-order valence-corrected chi connectivity index (χ0v) is 7.56. The third-order valence-corrected chi connectivity index (χ3v) is 1.48. The molecule has 0 saturated carbocycles. The van der Waals surface area contributed by atoms with Crippen LogP contribution in [0.3, 0.4) is 0 Å². The molecular weight excluding hydrogens is 302 g/mol. The van der Waals surface area contributed by atoms with Crippen LogP contribution in [0.1, 0.15) is 0 Å². The second-order valence-corrected chi connectivity index (χ2v) is 2.82. The zero-order valence-electron chi connectivity index (χ0n) is 7.56. The SMILES string of the molecule is FC(C(F)(F)F)C(F)(F)C(F)(F)N(F)C(F)(F)F. The molecule has 0 N–H and O–H groups in total. The highest BCUT2D eigenvalue weighted by molar-refractivity contribution is 4.93. The van der Waals surface area contributed by atoms with E-state index in [1.807, 2.05) is 0 Å². The molecule has 110 valence electrons. The molecule has 1 nitrogen and oxygen atoms in total. The minimum Gasteiger partial charge on any atom is -0.230 e. The summed E-state index contributed by atoms with van der Waals surface area (Å²) >= 11 is 0. The minimum absolute atomic E-state index is 3.79. The molecule has 0 rings (SSSR count). The molecule has 1 unspecified atom stereocenters. The normalized spacial score (nSPS) is 17.2.